The van der Waals surface area contributed by atoms with Crippen molar-refractivity contribution in [3.63, 3.8) is 0 Å². The Morgan fingerprint density at radius 3 is 1.35 bits per heavy atom. The lowest BCUT2D eigenvalue weighted by molar-refractivity contribution is 0.0503. The summed E-state index contributed by atoms with van der Waals surface area (Å²) in [4.78, 5) is 6.96. The van der Waals surface area contributed by atoms with E-state index in [9.17, 15) is 0 Å². The summed E-state index contributed by atoms with van der Waals surface area (Å²) in [5.41, 5.74) is 0. The van der Waals surface area contributed by atoms with Crippen molar-refractivity contribution in [2.75, 3.05) is 86.7 Å². The van der Waals surface area contributed by atoms with Gasteiger partial charge in [-0.2, -0.15) is 0 Å². The molecule has 3 fully saturated rings. The van der Waals surface area contributed by atoms with Crippen LogP contribution in [0, 0.1) is 0 Å². The summed E-state index contributed by atoms with van der Waals surface area (Å²) in [6, 6.07) is 0. The minimum Gasteiger partial charge on any atom is -0.379 e. The smallest absolute Gasteiger partial charge is 0.0594 e. The van der Waals surface area contributed by atoms with Gasteiger partial charge in [-0.15, -0.1) is 0 Å². The highest BCUT2D eigenvalue weighted by Crippen LogP contribution is 2.02. The molecular weight excluding hydrogens is 252 g/mol. The highest BCUT2D eigenvalue weighted by Gasteiger charge is 2.03. The van der Waals surface area contributed by atoms with Crippen molar-refractivity contribution < 1.29 is 4.74 Å². The van der Waals surface area contributed by atoms with Gasteiger partial charge in [-0.25, -0.2) is 0 Å². The Morgan fingerprint density at radius 1 is 0.650 bits per heavy atom. The maximum atomic E-state index is 5.10. The van der Waals surface area contributed by atoms with Crippen LogP contribution in [0.4, 0.5) is 0 Å². The van der Waals surface area contributed by atoms with Gasteiger partial charge in [-0.05, 0) is 47.1 Å². The van der Waals surface area contributed by atoms with Crippen LogP contribution in [-0.4, -0.2) is 101 Å². The summed E-state index contributed by atoms with van der Waals surface area (Å²) in [5, 5.41) is 3.27. The predicted molar refractivity (Wildman–Crippen MR) is 85.4 cm³/mol. The number of likely N-dealkylation sites (tertiary alicyclic amines) is 1. The van der Waals surface area contributed by atoms with E-state index >= 15 is 0 Å². The molecule has 0 spiro atoms. The molecule has 3 saturated heterocycles. The SMILES string of the molecule is CN1CCCC1.CN1CCNCC1.CN1CCOCC1. The molecule has 0 saturated carbocycles. The molecule has 1 N–H and O–H groups in total. The zero-order valence-electron chi connectivity index (χ0n) is 13.7. The lowest BCUT2D eigenvalue weighted by Crippen LogP contribution is -2.40. The molecule has 20 heavy (non-hydrogen) atoms. The molecule has 0 atom stereocenters. The number of piperazine rings is 1. The molecule has 0 aromatic heterocycles. The first-order valence-corrected chi connectivity index (χ1v) is 8.02. The second-order valence-electron chi connectivity index (χ2n) is 5.98. The Morgan fingerprint density at radius 2 is 1.10 bits per heavy atom. The molecule has 0 amide bonds. The zero-order chi connectivity index (χ0) is 14.6. The summed E-state index contributed by atoms with van der Waals surface area (Å²) in [7, 11) is 6.44. The van der Waals surface area contributed by atoms with Crippen molar-refractivity contribution in [2.45, 2.75) is 12.8 Å². The Hall–Kier alpha value is -0.200. The third-order valence-electron chi connectivity index (χ3n) is 3.90. The Balaban J connectivity index is 0.000000151. The second-order valence-corrected chi connectivity index (χ2v) is 5.98. The van der Waals surface area contributed by atoms with Gasteiger partial charge in [0.2, 0.25) is 0 Å². The average Bonchev–Trinajstić information content (AvgIpc) is 2.93. The van der Waals surface area contributed by atoms with Gasteiger partial charge in [0.15, 0.2) is 0 Å². The van der Waals surface area contributed by atoms with Crippen LogP contribution >= 0.6 is 0 Å². The van der Waals surface area contributed by atoms with Crippen LogP contribution in [0.1, 0.15) is 12.8 Å². The normalized spacial score (nSPS) is 25.4. The quantitative estimate of drug-likeness (QED) is 0.687. The fourth-order valence-electron chi connectivity index (χ4n) is 2.31. The molecule has 5 heteroatoms. The Bertz CT molecular complexity index is 194. The van der Waals surface area contributed by atoms with Crippen molar-refractivity contribution in [3.8, 4) is 0 Å². The molecule has 120 valence electrons. The standard InChI is InChI=1S/C5H12N2.C5H11NO.C5H11N/c1-7-4-2-6-3-5-7;1-6-2-4-7-5-3-6;1-6-4-2-3-5-6/h6H,2-5H2,1H3;2-5H2,1H3;2-5H2,1H3. The van der Waals surface area contributed by atoms with E-state index in [-0.39, 0.29) is 0 Å². The van der Waals surface area contributed by atoms with Crippen molar-refractivity contribution in [1.29, 1.82) is 0 Å². The molecule has 3 aliphatic rings. The predicted octanol–water partition coefficient (Wildman–Crippen LogP) is 0.182. The van der Waals surface area contributed by atoms with Crippen LogP contribution in [0.25, 0.3) is 0 Å². The number of nitrogens with zero attached hydrogens (tertiary/aromatic N) is 3. The molecule has 3 rings (SSSR count). The number of hydrogen-bond acceptors (Lipinski definition) is 5. The number of hydrogen-bond donors (Lipinski definition) is 1. The van der Waals surface area contributed by atoms with Crippen LogP contribution in [0.3, 0.4) is 0 Å². The molecule has 0 bridgehead atoms. The van der Waals surface area contributed by atoms with Gasteiger partial charge >= 0.3 is 0 Å². The second kappa shape index (κ2) is 11.5. The van der Waals surface area contributed by atoms with Gasteiger partial charge in [0.25, 0.3) is 0 Å². The summed E-state index contributed by atoms with van der Waals surface area (Å²) >= 11 is 0. The maximum Gasteiger partial charge on any atom is 0.0594 e. The van der Waals surface area contributed by atoms with E-state index in [0.717, 1.165) is 39.4 Å². The maximum absolute atomic E-state index is 5.10. The molecule has 0 radical (unpaired) electrons. The molecule has 5 nitrogen and oxygen atoms in total. The van der Waals surface area contributed by atoms with E-state index in [1.807, 2.05) is 0 Å². The fourth-order valence-corrected chi connectivity index (χ4v) is 2.31. The van der Waals surface area contributed by atoms with E-state index in [1.165, 1.54) is 39.0 Å². The number of likely N-dealkylation sites (N-methyl/N-ethyl adjacent to an activating group) is 2. The molecular formula is C15H34N4O. The van der Waals surface area contributed by atoms with E-state index in [2.05, 4.69) is 41.2 Å². The largest absolute Gasteiger partial charge is 0.379 e. The van der Waals surface area contributed by atoms with Crippen molar-refractivity contribution in [3.05, 3.63) is 0 Å². The zero-order valence-corrected chi connectivity index (χ0v) is 13.7. The Kier molecular flexibility index (Phi) is 10.2. The molecule has 3 aliphatic heterocycles. The van der Waals surface area contributed by atoms with E-state index in [1.54, 1.807) is 0 Å². The van der Waals surface area contributed by atoms with E-state index < -0.39 is 0 Å². The first-order valence-electron chi connectivity index (χ1n) is 8.02. The third-order valence-corrected chi connectivity index (χ3v) is 3.90. The number of ether oxygens (including phenoxy) is 1. The first-order chi connectivity index (χ1) is 9.68. The van der Waals surface area contributed by atoms with Crippen molar-refractivity contribution in [2.24, 2.45) is 0 Å². The topological polar surface area (TPSA) is 31.0 Å². The van der Waals surface area contributed by atoms with Gasteiger partial charge in [0.1, 0.15) is 0 Å². The molecule has 3 heterocycles. The van der Waals surface area contributed by atoms with Gasteiger partial charge in [-0.1, -0.05) is 0 Å². The van der Waals surface area contributed by atoms with E-state index in [0.29, 0.717) is 0 Å². The summed E-state index contributed by atoms with van der Waals surface area (Å²) in [6.07, 6.45) is 2.83. The lowest BCUT2D eigenvalue weighted by Gasteiger charge is -2.21. The van der Waals surface area contributed by atoms with Gasteiger partial charge < -0.3 is 24.8 Å². The van der Waals surface area contributed by atoms with Crippen LogP contribution in [0.2, 0.25) is 0 Å². The average molecular weight is 286 g/mol. The van der Waals surface area contributed by atoms with Crippen LogP contribution in [0.15, 0.2) is 0 Å². The number of nitrogens with one attached hydrogen (secondary N) is 1. The van der Waals surface area contributed by atoms with E-state index in [4.69, 9.17) is 4.74 Å². The van der Waals surface area contributed by atoms with Gasteiger partial charge in [-0.3, -0.25) is 0 Å². The van der Waals surface area contributed by atoms with Gasteiger partial charge in [0, 0.05) is 39.3 Å². The minimum atomic E-state index is 0.913. The van der Waals surface area contributed by atoms with Crippen molar-refractivity contribution >= 4 is 0 Å². The van der Waals surface area contributed by atoms with Crippen LogP contribution in [0.5, 0.6) is 0 Å². The van der Waals surface area contributed by atoms with Gasteiger partial charge in [0.05, 0.1) is 13.2 Å². The van der Waals surface area contributed by atoms with Crippen LogP contribution in [-0.2, 0) is 4.74 Å². The number of rotatable bonds is 0. The molecule has 0 aliphatic carbocycles. The van der Waals surface area contributed by atoms with Crippen LogP contribution < -0.4 is 5.32 Å². The molecule has 0 aromatic carbocycles. The Labute approximate surface area is 125 Å². The minimum absolute atomic E-state index is 0.913. The van der Waals surface area contributed by atoms with Crippen molar-refractivity contribution in [1.82, 2.24) is 20.0 Å². The summed E-state index contributed by atoms with van der Waals surface area (Å²) < 4.78 is 5.10. The highest BCUT2D eigenvalue weighted by atomic mass is 16.5. The molecule has 0 aromatic rings. The molecule has 0 unspecified atom stereocenters. The fraction of sp³-hybridized carbons (Fsp3) is 1.00. The first kappa shape index (κ1) is 17.9. The monoisotopic (exact) mass is 286 g/mol. The third kappa shape index (κ3) is 9.66. The summed E-state index contributed by atoms with van der Waals surface area (Å²) in [6.45, 7) is 11.4. The highest BCUT2D eigenvalue weighted by molar-refractivity contribution is 4.62. The lowest BCUT2D eigenvalue weighted by atomic mass is 10.4. The number of morpholine rings is 1. The summed E-state index contributed by atoms with van der Waals surface area (Å²) in [5.74, 6) is 0.